The molecule has 0 unspecified atom stereocenters. The number of nitrogens with two attached hydrogens (primary N) is 1. The number of aromatic nitrogens is 2. The smallest absolute Gasteiger partial charge is 0.263 e. The summed E-state index contributed by atoms with van der Waals surface area (Å²) in [7, 11) is -3.49. The highest BCUT2D eigenvalue weighted by Crippen LogP contribution is 2.34. The van der Waals surface area contributed by atoms with Crippen LogP contribution in [0.1, 0.15) is 26.5 Å². The Morgan fingerprint density at radius 1 is 1.21 bits per heavy atom. The second-order valence-electron chi connectivity index (χ2n) is 6.30. The van der Waals surface area contributed by atoms with Gasteiger partial charge in [0, 0.05) is 11.9 Å². The average molecular weight is 421 g/mol. The Balaban J connectivity index is 1.75. The Morgan fingerprint density at radius 3 is 2.54 bits per heavy atom. The van der Waals surface area contributed by atoms with Gasteiger partial charge in [0.05, 0.1) is 28.6 Å². The van der Waals surface area contributed by atoms with Crippen LogP contribution >= 0.6 is 11.3 Å². The van der Waals surface area contributed by atoms with Gasteiger partial charge >= 0.3 is 0 Å². The molecule has 2 aromatic heterocycles. The first kappa shape index (κ1) is 20.2. The highest BCUT2D eigenvalue weighted by Gasteiger charge is 2.20. The molecule has 0 aliphatic carbocycles. The van der Waals surface area contributed by atoms with Gasteiger partial charge in [0.25, 0.3) is 5.91 Å². The molecule has 148 valence electrons. The second kappa shape index (κ2) is 7.82. The van der Waals surface area contributed by atoms with Crippen LogP contribution < -0.4 is 11.1 Å². The van der Waals surface area contributed by atoms with E-state index in [1.54, 1.807) is 12.1 Å². The van der Waals surface area contributed by atoms with E-state index in [4.69, 9.17) is 10.8 Å². The van der Waals surface area contributed by atoms with Gasteiger partial charge in [-0.05, 0) is 37.1 Å². The van der Waals surface area contributed by atoms with E-state index in [0.29, 0.717) is 15.4 Å². The van der Waals surface area contributed by atoms with Crippen molar-refractivity contribution < 1.29 is 18.3 Å². The molecule has 1 amide bonds. The lowest BCUT2D eigenvalue weighted by molar-refractivity contribution is 0.0956. The van der Waals surface area contributed by atoms with Crippen molar-refractivity contribution >= 4 is 43.0 Å². The average Bonchev–Trinajstić information content (AvgIpc) is 3.00. The van der Waals surface area contributed by atoms with Crippen molar-refractivity contribution in [2.75, 3.05) is 18.1 Å². The van der Waals surface area contributed by atoms with Crippen molar-refractivity contribution in [3.8, 4) is 0 Å². The topological polar surface area (TPSA) is 135 Å². The van der Waals surface area contributed by atoms with Gasteiger partial charge in [0.1, 0.15) is 9.71 Å². The maximum absolute atomic E-state index is 12.6. The molecule has 0 saturated heterocycles. The molecule has 3 rings (SSSR count). The predicted molar refractivity (Wildman–Crippen MR) is 108 cm³/mol. The molecule has 28 heavy (non-hydrogen) atoms. The Labute approximate surface area is 166 Å². The van der Waals surface area contributed by atoms with Crippen molar-refractivity contribution in [1.29, 1.82) is 0 Å². The SMILES string of the molecule is Cc1nnc2sc(C(=O)NCc3ccc(S(=O)(=O)CCO)cc3)c(N)c2c1C. The quantitative estimate of drug-likeness (QED) is 0.551. The van der Waals surface area contributed by atoms with Gasteiger partial charge in [-0.1, -0.05) is 12.1 Å². The van der Waals surface area contributed by atoms with Crippen LogP contribution in [0.2, 0.25) is 0 Å². The molecule has 3 aromatic rings. The fourth-order valence-corrected chi connectivity index (χ4v) is 4.77. The number of sulfone groups is 1. The van der Waals surface area contributed by atoms with Crippen LogP contribution in [0.5, 0.6) is 0 Å². The second-order valence-corrected chi connectivity index (χ2v) is 9.41. The third kappa shape index (κ3) is 3.84. The summed E-state index contributed by atoms with van der Waals surface area (Å²) in [5.41, 5.74) is 8.96. The molecular formula is C18H20N4O4S2. The summed E-state index contributed by atoms with van der Waals surface area (Å²) in [6.07, 6.45) is 0. The van der Waals surface area contributed by atoms with Crippen LogP contribution in [0.4, 0.5) is 5.69 Å². The lowest BCUT2D eigenvalue weighted by Crippen LogP contribution is -2.22. The monoisotopic (exact) mass is 420 g/mol. The molecule has 0 fully saturated rings. The molecule has 0 saturated carbocycles. The molecule has 0 bridgehead atoms. The number of benzene rings is 1. The number of hydrogen-bond donors (Lipinski definition) is 3. The summed E-state index contributed by atoms with van der Waals surface area (Å²) in [5.74, 6) is -0.648. The Morgan fingerprint density at radius 2 is 1.89 bits per heavy atom. The molecule has 8 nitrogen and oxygen atoms in total. The third-order valence-electron chi connectivity index (χ3n) is 4.44. The zero-order valence-corrected chi connectivity index (χ0v) is 17.0. The van der Waals surface area contributed by atoms with E-state index >= 15 is 0 Å². The van der Waals surface area contributed by atoms with Crippen LogP contribution in [-0.2, 0) is 16.4 Å². The van der Waals surface area contributed by atoms with Crippen molar-refractivity contribution in [1.82, 2.24) is 15.5 Å². The summed E-state index contributed by atoms with van der Waals surface area (Å²) < 4.78 is 23.8. The zero-order chi connectivity index (χ0) is 20.5. The van der Waals surface area contributed by atoms with E-state index in [1.807, 2.05) is 13.8 Å². The number of nitrogen functional groups attached to an aromatic ring is 1. The van der Waals surface area contributed by atoms with Gasteiger partial charge in [-0.2, -0.15) is 5.10 Å². The van der Waals surface area contributed by atoms with E-state index in [-0.39, 0.29) is 23.1 Å². The first-order valence-corrected chi connectivity index (χ1v) is 10.9. The van der Waals surface area contributed by atoms with E-state index in [1.165, 1.54) is 23.5 Å². The molecule has 4 N–H and O–H groups in total. The van der Waals surface area contributed by atoms with Gasteiger partial charge in [-0.15, -0.1) is 16.4 Å². The molecule has 0 spiro atoms. The number of rotatable bonds is 6. The van der Waals surface area contributed by atoms with Crippen molar-refractivity contribution in [3.05, 3.63) is 46.0 Å². The minimum atomic E-state index is -3.49. The molecule has 1 aromatic carbocycles. The number of carbonyl (C=O) groups is 1. The Hall–Kier alpha value is -2.56. The molecule has 2 heterocycles. The number of fused-ring (bicyclic) bond motifs is 1. The maximum Gasteiger partial charge on any atom is 0.263 e. The molecule has 0 aliphatic heterocycles. The van der Waals surface area contributed by atoms with E-state index in [9.17, 15) is 13.2 Å². The van der Waals surface area contributed by atoms with Crippen molar-refractivity contribution in [3.63, 3.8) is 0 Å². The van der Waals surface area contributed by atoms with E-state index < -0.39 is 16.4 Å². The summed E-state index contributed by atoms with van der Waals surface area (Å²) >= 11 is 1.19. The minimum Gasteiger partial charge on any atom is -0.397 e. The van der Waals surface area contributed by atoms with E-state index in [0.717, 1.165) is 22.2 Å². The molecule has 0 aliphatic rings. The van der Waals surface area contributed by atoms with Gasteiger partial charge in [-0.3, -0.25) is 4.79 Å². The fraction of sp³-hybridized carbons (Fsp3) is 0.278. The Bertz CT molecular complexity index is 1140. The number of aryl methyl sites for hydroxylation is 2. The zero-order valence-electron chi connectivity index (χ0n) is 15.4. The van der Waals surface area contributed by atoms with Gasteiger partial charge < -0.3 is 16.2 Å². The first-order valence-electron chi connectivity index (χ1n) is 8.47. The lowest BCUT2D eigenvalue weighted by Gasteiger charge is -2.07. The molecule has 0 radical (unpaired) electrons. The summed E-state index contributed by atoms with van der Waals surface area (Å²) in [4.78, 5) is 13.7. The number of nitrogens with zero attached hydrogens (tertiary/aromatic N) is 2. The fourth-order valence-electron chi connectivity index (χ4n) is 2.72. The lowest BCUT2D eigenvalue weighted by atomic mass is 10.1. The minimum absolute atomic E-state index is 0.134. The molecule has 10 heteroatoms. The van der Waals surface area contributed by atoms with Crippen LogP contribution in [0.3, 0.4) is 0 Å². The standard InChI is InChI=1S/C18H20N4O4S2/c1-10-11(2)21-22-18-14(10)15(19)16(27-18)17(24)20-9-12-3-5-13(6-4-12)28(25,26)8-7-23/h3-6,23H,7-9,19H2,1-2H3,(H,20,24). The number of amides is 1. The Kier molecular flexibility index (Phi) is 5.64. The number of carbonyl (C=O) groups excluding carboxylic acids is 1. The van der Waals surface area contributed by atoms with Crippen LogP contribution in [0.25, 0.3) is 10.2 Å². The molecular weight excluding hydrogens is 400 g/mol. The van der Waals surface area contributed by atoms with Crippen molar-refractivity contribution in [2.45, 2.75) is 25.3 Å². The summed E-state index contributed by atoms with van der Waals surface area (Å²) in [5, 5.41) is 20.5. The number of aliphatic hydroxyl groups excluding tert-OH is 1. The highest BCUT2D eigenvalue weighted by atomic mass is 32.2. The van der Waals surface area contributed by atoms with Crippen LogP contribution in [-0.4, -0.2) is 42.0 Å². The number of hydrogen-bond acceptors (Lipinski definition) is 8. The highest BCUT2D eigenvalue weighted by molar-refractivity contribution is 7.91. The number of anilines is 1. The van der Waals surface area contributed by atoms with Crippen LogP contribution in [0.15, 0.2) is 29.2 Å². The number of thiophene rings is 1. The molecule has 0 atom stereocenters. The van der Waals surface area contributed by atoms with Crippen LogP contribution in [0, 0.1) is 13.8 Å². The summed E-state index contributed by atoms with van der Waals surface area (Å²) in [6.45, 7) is 3.52. The van der Waals surface area contributed by atoms with Gasteiger partial charge in [0.15, 0.2) is 9.84 Å². The third-order valence-corrected chi connectivity index (χ3v) is 7.24. The largest absolute Gasteiger partial charge is 0.397 e. The predicted octanol–water partition coefficient (Wildman–Crippen LogP) is 1.59. The van der Waals surface area contributed by atoms with Crippen molar-refractivity contribution in [2.24, 2.45) is 0 Å². The number of nitrogens with one attached hydrogen (secondary N) is 1. The number of aliphatic hydroxyl groups is 1. The normalized spacial score (nSPS) is 11.7. The van der Waals surface area contributed by atoms with E-state index in [2.05, 4.69) is 15.5 Å². The van der Waals surface area contributed by atoms with Gasteiger partial charge in [-0.25, -0.2) is 8.42 Å². The first-order chi connectivity index (χ1) is 13.2. The maximum atomic E-state index is 12.6. The van der Waals surface area contributed by atoms with Gasteiger partial charge in [0.2, 0.25) is 0 Å². The summed E-state index contributed by atoms with van der Waals surface area (Å²) in [6, 6.07) is 6.17.